The minimum Gasteiger partial charge on any atom is -0.490 e. The molecule has 0 fully saturated rings. The van der Waals surface area contributed by atoms with Crippen LogP contribution in [0, 0.1) is 3.57 Å². The number of hydrogen-bond acceptors (Lipinski definition) is 5. The first-order chi connectivity index (χ1) is 14.4. The van der Waals surface area contributed by atoms with E-state index in [0.717, 1.165) is 20.9 Å². The number of halogens is 2. The van der Waals surface area contributed by atoms with Crippen LogP contribution in [0.3, 0.4) is 0 Å². The van der Waals surface area contributed by atoms with Crippen LogP contribution in [0.1, 0.15) is 43.3 Å². The number of hydrazone groups is 1. The molecule has 1 atom stereocenters. The summed E-state index contributed by atoms with van der Waals surface area (Å²) >= 11 is 8.17. The van der Waals surface area contributed by atoms with Crippen molar-refractivity contribution in [3.63, 3.8) is 0 Å². The third-order valence-corrected chi connectivity index (χ3v) is 5.34. The molecule has 0 saturated carbocycles. The zero-order valence-corrected chi connectivity index (χ0v) is 19.8. The van der Waals surface area contributed by atoms with Gasteiger partial charge in [-0.05, 0) is 84.8 Å². The Kier molecular flexibility index (Phi) is 7.60. The Morgan fingerprint density at radius 3 is 2.83 bits per heavy atom. The molecule has 0 aliphatic carbocycles. The van der Waals surface area contributed by atoms with Gasteiger partial charge in [-0.15, -0.1) is 0 Å². The fourth-order valence-electron chi connectivity index (χ4n) is 2.67. The van der Waals surface area contributed by atoms with E-state index in [1.165, 1.54) is 0 Å². The molecule has 0 bridgehead atoms. The topological polar surface area (TPSA) is 73.1 Å². The lowest BCUT2D eigenvalue weighted by molar-refractivity contribution is 0.0929. The minimum absolute atomic E-state index is 0.0789. The predicted molar refractivity (Wildman–Crippen MR) is 127 cm³/mol. The van der Waals surface area contributed by atoms with E-state index in [2.05, 4.69) is 40.0 Å². The largest absolute Gasteiger partial charge is 0.490 e. The second kappa shape index (κ2) is 10.2. The van der Waals surface area contributed by atoms with Crippen molar-refractivity contribution in [2.45, 2.75) is 33.3 Å². The van der Waals surface area contributed by atoms with Gasteiger partial charge in [-0.3, -0.25) is 4.79 Å². The van der Waals surface area contributed by atoms with Gasteiger partial charge in [0.2, 0.25) is 0 Å². The summed E-state index contributed by atoms with van der Waals surface area (Å²) in [5, 5.41) is 5.38. The molecule has 1 aromatic heterocycles. The molecule has 1 heterocycles. The summed E-state index contributed by atoms with van der Waals surface area (Å²) in [4.78, 5) is 12.3. The van der Waals surface area contributed by atoms with Gasteiger partial charge in [0.25, 0.3) is 0 Å². The molecule has 30 heavy (non-hydrogen) atoms. The first-order valence-corrected chi connectivity index (χ1v) is 11.0. The van der Waals surface area contributed by atoms with Crippen LogP contribution in [0.25, 0.3) is 11.0 Å². The fraction of sp³-hybridized carbons (Fsp3) is 0.273. The molecule has 0 aliphatic rings. The Hall–Kier alpha value is -2.26. The van der Waals surface area contributed by atoms with Crippen LogP contribution in [0.4, 0.5) is 0 Å². The Morgan fingerprint density at radius 1 is 1.30 bits per heavy atom. The van der Waals surface area contributed by atoms with E-state index in [1.807, 2.05) is 26.0 Å². The molecule has 0 aliphatic heterocycles. The number of ether oxygens (including phenoxy) is 2. The summed E-state index contributed by atoms with van der Waals surface area (Å²) in [6.07, 6.45) is 2.52. The summed E-state index contributed by atoms with van der Waals surface area (Å²) in [6, 6.07) is 10.5. The molecule has 0 radical (unpaired) electrons. The highest BCUT2D eigenvalue weighted by molar-refractivity contribution is 14.1. The zero-order valence-electron chi connectivity index (χ0n) is 16.9. The Morgan fingerprint density at radius 2 is 2.10 bits per heavy atom. The van der Waals surface area contributed by atoms with Gasteiger partial charge in [0, 0.05) is 10.4 Å². The summed E-state index contributed by atoms with van der Waals surface area (Å²) in [5.41, 5.74) is 3.84. The number of nitrogens with zero attached hydrogens (tertiary/aromatic N) is 1. The van der Waals surface area contributed by atoms with E-state index in [4.69, 9.17) is 25.5 Å². The average Bonchev–Trinajstić information content (AvgIpc) is 3.13. The predicted octanol–water partition coefficient (Wildman–Crippen LogP) is 6.03. The zero-order chi connectivity index (χ0) is 21.7. The van der Waals surface area contributed by atoms with Crippen molar-refractivity contribution in [2.75, 3.05) is 6.61 Å². The maximum Gasteiger partial charge on any atom is 0.307 e. The molecule has 158 valence electrons. The van der Waals surface area contributed by atoms with Gasteiger partial charge in [-0.2, -0.15) is 5.10 Å². The summed E-state index contributed by atoms with van der Waals surface area (Å²) < 4.78 is 18.2. The number of furan rings is 1. The van der Waals surface area contributed by atoms with Crippen molar-refractivity contribution in [1.82, 2.24) is 5.43 Å². The average molecular weight is 541 g/mol. The molecule has 1 amide bonds. The lowest BCUT2D eigenvalue weighted by Crippen LogP contribution is -2.16. The van der Waals surface area contributed by atoms with Crippen LogP contribution >= 0.6 is 34.2 Å². The highest BCUT2D eigenvalue weighted by Gasteiger charge is 2.15. The van der Waals surface area contributed by atoms with Crippen LogP contribution in [0.2, 0.25) is 5.02 Å². The maximum atomic E-state index is 12.3. The van der Waals surface area contributed by atoms with Crippen molar-refractivity contribution < 1.29 is 18.7 Å². The van der Waals surface area contributed by atoms with Crippen LogP contribution in [0.5, 0.6) is 11.5 Å². The van der Waals surface area contributed by atoms with Gasteiger partial charge in [-0.25, -0.2) is 5.43 Å². The molecule has 0 saturated heterocycles. The normalized spacial score (nSPS) is 12.3. The van der Waals surface area contributed by atoms with Crippen molar-refractivity contribution >= 4 is 57.3 Å². The second-order valence-electron chi connectivity index (χ2n) is 6.59. The molecule has 0 spiro atoms. The van der Waals surface area contributed by atoms with Gasteiger partial charge in [0.05, 0.1) is 22.5 Å². The standard InChI is InChI=1S/C22H22ClIN2O4/c1-4-13(3)29-21-17(24)8-14(9-19(21)28-5-2)12-25-26-22(27)20-11-15-10-16(23)6-7-18(15)30-20/h6-13H,4-5H2,1-3H3,(H,26,27)/b25-12+/t13-/m1/s1. The number of benzene rings is 2. The highest BCUT2D eigenvalue weighted by Crippen LogP contribution is 2.35. The summed E-state index contributed by atoms with van der Waals surface area (Å²) in [6.45, 7) is 6.52. The van der Waals surface area contributed by atoms with Crippen LogP contribution < -0.4 is 14.9 Å². The molecule has 0 unspecified atom stereocenters. The van der Waals surface area contributed by atoms with Gasteiger partial charge >= 0.3 is 5.91 Å². The van der Waals surface area contributed by atoms with Crippen LogP contribution in [0.15, 0.2) is 45.9 Å². The van der Waals surface area contributed by atoms with E-state index in [1.54, 1.807) is 30.5 Å². The smallest absolute Gasteiger partial charge is 0.307 e. The fourth-order valence-corrected chi connectivity index (χ4v) is 3.60. The number of rotatable bonds is 8. The number of fused-ring (bicyclic) bond motifs is 1. The van der Waals surface area contributed by atoms with E-state index in [0.29, 0.717) is 28.7 Å². The second-order valence-corrected chi connectivity index (χ2v) is 8.19. The first-order valence-electron chi connectivity index (χ1n) is 9.56. The SMILES string of the molecule is CCOc1cc(/C=N/NC(=O)c2cc3cc(Cl)ccc3o2)cc(I)c1O[C@H](C)CC. The number of nitrogens with one attached hydrogen (secondary N) is 1. The number of carbonyl (C=O) groups is 1. The van der Waals surface area contributed by atoms with E-state index in [-0.39, 0.29) is 11.9 Å². The first kappa shape index (κ1) is 22.4. The quantitative estimate of drug-likeness (QED) is 0.215. The van der Waals surface area contributed by atoms with Crippen molar-refractivity contribution in [3.05, 3.63) is 56.3 Å². The van der Waals surface area contributed by atoms with Gasteiger partial charge < -0.3 is 13.9 Å². The molecule has 1 N–H and O–H groups in total. The lowest BCUT2D eigenvalue weighted by atomic mass is 10.2. The number of amides is 1. The van der Waals surface area contributed by atoms with E-state index < -0.39 is 5.91 Å². The Labute approximate surface area is 193 Å². The summed E-state index contributed by atoms with van der Waals surface area (Å²) in [5.74, 6) is 1.07. The van der Waals surface area contributed by atoms with Gasteiger partial charge in [-0.1, -0.05) is 18.5 Å². The van der Waals surface area contributed by atoms with Crippen molar-refractivity contribution in [1.29, 1.82) is 0 Å². The molecule has 3 rings (SSSR count). The minimum atomic E-state index is -0.449. The van der Waals surface area contributed by atoms with Gasteiger partial charge in [0.15, 0.2) is 17.3 Å². The molecule has 6 nitrogen and oxygen atoms in total. The van der Waals surface area contributed by atoms with E-state index >= 15 is 0 Å². The molecule has 3 aromatic rings. The van der Waals surface area contributed by atoms with Crippen molar-refractivity contribution in [3.8, 4) is 11.5 Å². The van der Waals surface area contributed by atoms with Crippen LogP contribution in [-0.2, 0) is 0 Å². The maximum absolute atomic E-state index is 12.3. The Bertz CT molecular complexity index is 1080. The molecule has 2 aromatic carbocycles. The third kappa shape index (κ3) is 5.46. The molecular weight excluding hydrogens is 519 g/mol. The monoisotopic (exact) mass is 540 g/mol. The lowest BCUT2D eigenvalue weighted by Gasteiger charge is -2.18. The summed E-state index contributed by atoms with van der Waals surface area (Å²) in [7, 11) is 0. The molecule has 8 heteroatoms. The van der Waals surface area contributed by atoms with Crippen LogP contribution in [-0.4, -0.2) is 24.8 Å². The van der Waals surface area contributed by atoms with Crippen molar-refractivity contribution in [2.24, 2.45) is 5.10 Å². The third-order valence-electron chi connectivity index (χ3n) is 4.31. The molecular formula is C22H22ClIN2O4. The number of carbonyl (C=O) groups excluding carboxylic acids is 1. The Balaban J connectivity index is 1.75. The number of hydrogen-bond donors (Lipinski definition) is 1. The highest BCUT2D eigenvalue weighted by atomic mass is 127. The van der Waals surface area contributed by atoms with E-state index in [9.17, 15) is 4.79 Å². The van der Waals surface area contributed by atoms with Gasteiger partial charge in [0.1, 0.15) is 5.58 Å².